The van der Waals surface area contributed by atoms with Gasteiger partial charge in [0.1, 0.15) is 4.21 Å². The van der Waals surface area contributed by atoms with E-state index >= 15 is 0 Å². The van der Waals surface area contributed by atoms with Crippen molar-refractivity contribution in [2.75, 3.05) is 0 Å². The molecule has 3 atom stereocenters. The van der Waals surface area contributed by atoms with Crippen LogP contribution >= 0.6 is 11.3 Å². The lowest BCUT2D eigenvalue weighted by Gasteiger charge is -2.34. The molecule has 1 aliphatic rings. The molecule has 0 spiro atoms. The second kappa shape index (κ2) is 6.13. The van der Waals surface area contributed by atoms with E-state index in [0.717, 1.165) is 34.6 Å². The summed E-state index contributed by atoms with van der Waals surface area (Å²) < 4.78 is 28.1. The summed E-state index contributed by atoms with van der Waals surface area (Å²) in [5.74, 6) is 0.909. The number of hydrogen-bond acceptors (Lipinski definition) is 4. The SMILES string of the molecule is Cc1cc(S(=O)(=O)NC2CCCC(C)C2C)sc1CO. The van der Waals surface area contributed by atoms with Crippen molar-refractivity contribution in [1.29, 1.82) is 0 Å². The molecule has 1 saturated carbocycles. The number of aliphatic hydroxyl groups excluding tert-OH is 1. The summed E-state index contributed by atoms with van der Waals surface area (Å²) in [4.78, 5) is 0.718. The quantitative estimate of drug-likeness (QED) is 0.897. The summed E-state index contributed by atoms with van der Waals surface area (Å²) in [6, 6.07) is 1.67. The van der Waals surface area contributed by atoms with Gasteiger partial charge in [-0.15, -0.1) is 11.3 Å². The van der Waals surface area contributed by atoms with Crippen LogP contribution in [0.1, 0.15) is 43.6 Å². The van der Waals surface area contributed by atoms with Crippen LogP contribution < -0.4 is 4.72 Å². The second-order valence-electron chi connectivity index (χ2n) is 5.82. The molecule has 1 fully saturated rings. The molecular formula is C14H23NO3S2. The zero-order chi connectivity index (χ0) is 14.9. The maximum Gasteiger partial charge on any atom is 0.250 e. The minimum atomic E-state index is -3.47. The third-order valence-corrected chi connectivity index (χ3v) is 7.61. The molecule has 1 aliphatic carbocycles. The highest BCUT2D eigenvalue weighted by Crippen LogP contribution is 2.32. The molecule has 0 aromatic carbocycles. The Labute approximate surface area is 125 Å². The van der Waals surface area contributed by atoms with Gasteiger partial charge >= 0.3 is 0 Å². The highest BCUT2D eigenvalue weighted by molar-refractivity contribution is 7.91. The Morgan fingerprint density at radius 2 is 2.10 bits per heavy atom. The standard InChI is InChI=1S/C14H23NO3S2/c1-9-5-4-6-12(11(9)3)15-20(17,18)14-7-10(2)13(8-16)19-14/h7,9,11-12,15-16H,4-6,8H2,1-3H3. The molecule has 0 amide bonds. The van der Waals surface area contributed by atoms with E-state index in [2.05, 4.69) is 18.6 Å². The summed E-state index contributed by atoms with van der Waals surface area (Å²) >= 11 is 1.16. The van der Waals surface area contributed by atoms with Gasteiger partial charge in [0.05, 0.1) is 6.61 Å². The lowest BCUT2D eigenvalue weighted by molar-refractivity contribution is 0.227. The minimum Gasteiger partial charge on any atom is -0.391 e. The van der Waals surface area contributed by atoms with Crippen molar-refractivity contribution in [2.45, 2.75) is 56.9 Å². The Bertz CT molecular complexity index is 565. The van der Waals surface area contributed by atoms with Crippen molar-refractivity contribution >= 4 is 21.4 Å². The molecule has 1 aromatic heterocycles. The highest BCUT2D eigenvalue weighted by atomic mass is 32.2. The zero-order valence-electron chi connectivity index (χ0n) is 12.2. The number of rotatable bonds is 4. The maximum atomic E-state index is 12.5. The molecule has 1 aromatic rings. The monoisotopic (exact) mass is 317 g/mol. The molecule has 0 radical (unpaired) electrons. The normalized spacial score (nSPS) is 27.7. The molecule has 3 unspecified atom stereocenters. The van der Waals surface area contributed by atoms with Gasteiger partial charge in [0, 0.05) is 10.9 Å². The topological polar surface area (TPSA) is 66.4 Å². The molecule has 0 saturated heterocycles. The Balaban J connectivity index is 2.18. The van der Waals surface area contributed by atoms with Crippen molar-refractivity contribution in [1.82, 2.24) is 4.72 Å². The average molecular weight is 317 g/mol. The first kappa shape index (κ1) is 15.9. The van der Waals surface area contributed by atoms with Crippen LogP contribution in [0.15, 0.2) is 10.3 Å². The molecule has 2 N–H and O–H groups in total. The third kappa shape index (κ3) is 3.24. The Hall–Kier alpha value is -0.430. The van der Waals surface area contributed by atoms with Crippen molar-refractivity contribution < 1.29 is 13.5 Å². The Morgan fingerprint density at radius 3 is 2.70 bits per heavy atom. The molecule has 4 nitrogen and oxygen atoms in total. The predicted octanol–water partition coefficient (Wildman–Crippen LogP) is 2.65. The van der Waals surface area contributed by atoms with Crippen LogP contribution in [0.5, 0.6) is 0 Å². The highest BCUT2D eigenvalue weighted by Gasteiger charge is 2.31. The lowest BCUT2D eigenvalue weighted by Crippen LogP contribution is -2.43. The van der Waals surface area contributed by atoms with E-state index in [1.165, 1.54) is 6.42 Å². The van der Waals surface area contributed by atoms with Crippen LogP contribution in [0, 0.1) is 18.8 Å². The van der Waals surface area contributed by atoms with Gasteiger partial charge in [-0.2, -0.15) is 0 Å². The number of hydrogen-bond donors (Lipinski definition) is 2. The summed E-state index contributed by atoms with van der Waals surface area (Å²) in [7, 11) is -3.47. The fourth-order valence-corrected chi connectivity index (χ4v) is 5.61. The van der Waals surface area contributed by atoms with Gasteiger partial charge in [-0.3, -0.25) is 0 Å². The molecule has 114 valence electrons. The molecule has 2 rings (SSSR count). The summed E-state index contributed by atoms with van der Waals surface area (Å²) in [6.07, 6.45) is 3.15. The van der Waals surface area contributed by atoms with Gasteiger partial charge < -0.3 is 5.11 Å². The molecule has 6 heteroatoms. The fourth-order valence-electron chi connectivity index (χ4n) is 2.78. The first-order valence-electron chi connectivity index (χ1n) is 7.07. The van der Waals surface area contributed by atoms with Gasteiger partial charge in [0.25, 0.3) is 0 Å². The fraction of sp³-hybridized carbons (Fsp3) is 0.714. The van der Waals surface area contributed by atoms with Gasteiger partial charge in [-0.05, 0) is 36.8 Å². The van der Waals surface area contributed by atoms with Crippen LogP contribution in [-0.2, 0) is 16.6 Å². The zero-order valence-corrected chi connectivity index (χ0v) is 13.9. The van der Waals surface area contributed by atoms with Crippen LogP contribution in [0.4, 0.5) is 0 Å². The van der Waals surface area contributed by atoms with E-state index in [-0.39, 0.29) is 12.6 Å². The summed E-state index contributed by atoms with van der Waals surface area (Å²) in [6.45, 7) is 6.02. The van der Waals surface area contributed by atoms with Crippen molar-refractivity contribution in [3.05, 3.63) is 16.5 Å². The van der Waals surface area contributed by atoms with E-state index in [9.17, 15) is 13.5 Å². The Kier molecular flexibility index (Phi) is 4.89. The van der Waals surface area contributed by atoms with E-state index in [0.29, 0.717) is 16.0 Å². The molecular weight excluding hydrogens is 294 g/mol. The summed E-state index contributed by atoms with van der Waals surface area (Å²) in [5, 5.41) is 9.19. The third-order valence-electron chi connectivity index (χ3n) is 4.42. The Morgan fingerprint density at radius 1 is 1.40 bits per heavy atom. The lowest BCUT2D eigenvalue weighted by atomic mass is 9.78. The molecule has 1 heterocycles. The smallest absolute Gasteiger partial charge is 0.250 e. The van der Waals surface area contributed by atoms with E-state index in [1.54, 1.807) is 6.07 Å². The molecule has 0 bridgehead atoms. The van der Waals surface area contributed by atoms with Gasteiger partial charge in [-0.25, -0.2) is 13.1 Å². The van der Waals surface area contributed by atoms with Crippen LogP contribution in [-0.4, -0.2) is 19.6 Å². The first-order valence-corrected chi connectivity index (χ1v) is 9.37. The van der Waals surface area contributed by atoms with Crippen LogP contribution in [0.2, 0.25) is 0 Å². The maximum absolute atomic E-state index is 12.5. The number of sulfonamides is 1. The number of aryl methyl sites for hydroxylation is 1. The predicted molar refractivity (Wildman–Crippen MR) is 81.3 cm³/mol. The summed E-state index contributed by atoms with van der Waals surface area (Å²) in [5.41, 5.74) is 0.836. The second-order valence-corrected chi connectivity index (χ2v) is 8.90. The number of aliphatic hydroxyl groups is 1. The van der Waals surface area contributed by atoms with Crippen LogP contribution in [0.3, 0.4) is 0 Å². The van der Waals surface area contributed by atoms with Gasteiger partial charge in [0.2, 0.25) is 10.0 Å². The van der Waals surface area contributed by atoms with E-state index in [4.69, 9.17) is 0 Å². The van der Waals surface area contributed by atoms with Crippen molar-refractivity contribution in [3.63, 3.8) is 0 Å². The molecule has 20 heavy (non-hydrogen) atoms. The van der Waals surface area contributed by atoms with E-state index in [1.807, 2.05) is 6.92 Å². The van der Waals surface area contributed by atoms with Gasteiger partial charge in [-0.1, -0.05) is 26.7 Å². The number of thiophene rings is 1. The average Bonchev–Trinajstić information content (AvgIpc) is 2.77. The first-order chi connectivity index (χ1) is 9.35. The van der Waals surface area contributed by atoms with E-state index < -0.39 is 10.0 Å². The number of nitrogens with one attached hydrogen (secondary N) is 1. The largest absolute Gasteiger partial charge is 0.391 e. The van der Waals surface area contributed by atoms with Gasteiger partial charge in [0.15, 0.2) is 0 Å². The minimum absolute atomic E-state index is 0.0173. The van der Waals surface area contributed by atoms with Crippen molar-refractivity contribution in [3.8, 4) is 0 Å². The molecule has 0 aliphatic heterocycles. The van der Waals surface area contributed by atoms with Crippen LogP contribution in [0.25, 0.3) is 0 Å². The van der Waals surface area contributed by atoms with Crippen molar-refractivity contribution in [2.24, 2.45) is 11.8 Å².